The van der Waals surface area contributed by atoms with E-state index in [0.717, 1.165) is 6.07 Å². The van der Waals surface area contributed by atoms with Crippen molar-refractivity contribution < 1.29 is 18.1 Å². The highest BCUT2D eigenvalue weighted by molar-refractivity contribution is 7.89. The maximum atomic E-state index is 13.1. The summed E-state index contributed by atoms with van der Waals surface area (Å²) in [4.78, 5) is 10.5. The minimum atomic E-state index is -3.87. The summed E-state index contributed by atoms with van der Waals surface area (Å²) in [5.74, 6) is 0. The topological polar surface area (TPSA) is 116 Å². The summed E-state index contributed by atoms with van der Waals surface area (Å²) in [7, 11) is -2.28. The smallest absolute Gasteiger partial charge is 0.271 e. The highest BCUT2D eigenvalue weighted by Crippen LogP contribution is 2.31. The van der Waals surface area contributed by atoms with Gasteiger partial charge in [-0.1, -0.05) is 0 Å². The molecule has 0 aromatic heterocycles. The molecule has 8 nitrogen and oxygen atoms in total. The van der Waals surface area contributed by atoms with Crippen LogP contribution in [-0.2, 0) is 14.8 Å². The number of nitrogens with two attached hydrogens (primary N) is 1. The van der Waals surface area contributed by atoms with Crippen LogP contribution in [0.4, 0.5) is 5.69 Å². The van der Waals surface area contributed by atoms with Gasteiger partial charge in [0.05, 0.1) is 15.9 Å². The summed E-state index contributed by atoms with van der Waals surface area (Å²) in [6, 6.07) is 2.13. The molecule has 134 valence electrons. The normalized spacial score (nSPS) is 22.5. The van der Waals surface area contributed by atoms with E-state index in [9.17, 15) is 18.5 Å². The van der Waals surface area contributed by atoms with Crippen LogP contribution in [0.5, 0.6) is 0 Å². The van der Waals surface area contributed by atoms with Gasteiger partial charge in [0.2, 0.25) is 10.0 Å². The van der Waals surface area contributed by atoms with Crippen molar-refractivity contribution in [3.63, 3.8) is 0 Å². The number of hydrogen-bond acceptors (Lipinski definition) is 6. The molecule has 2 atom stereocenters. The van der Waals surface area contributed by atoms with Crippen LogP contribution in [-0.4, -0.2) is 50.0 Å². The van der Waals surface area contributed by atoms with Gasteiger partial charge in [-0.15, -0.1) is 0 Å². The fraction of sp³-hybridized carbons (Fsp3) is 0.600. The molecule has 1 fully saturated rings. The molecule has 1 aromatic carbocycles. The molecule has 1 aliphatic rings. The Morgan fingerprint density at radius 2 is 2.08 bits per heavy atom. The lowest BCUT2D eigenvalue weighted by Gasteiger charge is -2.37. The number of methoxy groups -OCH3 is 1. The molecule has 1 aromatic rings. The fourth-order valence-electron chi connectivity index (χ4n) is 3.05. The van der Waals surface area contributed by atoms with E-state index in [2.05, 4.69) is 0 Å². The van der Waals surface area contributed by atoms with Crippen molar-refractivity contribution in [3.8, 4) is 0 Å². The average molecular weight is 357 g/mol. The number of benzene rings is 1. The predicted octanol–water partition coefficient (Wildman–Crippen LogP) is 1.34. The zero-order valence-electron chi connectivity index (χ0n) is 14.1. The number of non-ortho nitro benzene ring substituents is 1. The molecule has 24 heavy (non-hydrogen) atoms. The van der Waals surface area contributed by atoms with E-state index in [1.807, 2.05) is 0 Å². The molecule has 0 spiro atoms. The Balaban J connectivity index is 2.48. The molecule has 1 saturated heterocycles. The second-order valence-corrected chi connectivity index (χ2v) is 7.89. The van der Waals surface area contributed by atoms with Crippen LogP contribution >= 0.6 is 0 Å². The quantitative estimate of drug-likeness (QED) is 0.628. The Labute approximate surface area is 141 Å². The summed E-state index contributed by atoms with van der Waals surface area (Å²) in [6.07, 6.45) is 1.05. The van der Waals surface area contributed by atoms with Crippen LogP contribution in [0.3, 0.4) is 0 Å². The van der Waals surface area contributed by atoms with E-state index in [1.165, 1.54) is 10.4 Å². The first-order valence-corrected chi connectivity index (χ1v) is 9.16. The van der Waals surface area contributed by atoms with E-state index in [4.69, 9.17) is 10.5 Å². The molecule has 9 heteroatoms. The second-order valence-electron chi connectivity index (χ2n) is 6.03. The maximum Gasteiger partial charge on any atom is 0.271 e. The maximum absolute atomic E-state index is 13.1. The third kappa shape index (κ3) is 3.44. The van der Waals surface area contributed by atoms with Gasteiger partial charge < -0.3 is 10.5 Å². The van der Waals surface area contributed by atoms with Crippen LogP contribution in [0.25, 0.3) is 0 Å². The molecule has 0 saturated carbocycles. The summed E-state index contributed by atoms with van der Waals surface area (Å²) in [5, 5.41) is 11.1. The van der Waals surface area contributed by atoms with Gasteiger partial charge >= 0.3 is 0 Å². The molecular formula is C15H23N3O5S. The number of rotatable bonds is 5. The Kier molecular flexibility index (Phi) is 5.59. The first-order chi connectivity index (χ1) is 11.2. The fourth-order valence-corrected chi connectivity index (χ4v) is 5.03. The van der Waals surface area contributed by atoms with Crippen molar-refractivity contribution in [2.75, 3.05) is 20.2 Å². The molecule has 2 N–H and O–H groups in total. The van der Waals surface area contributed by atoms with Crippen molar-refractivity contribution >= 4 is 15.7 Å². The van der Waals surface area contributed by atoms with Crippen molar-refractivity contribution in [1.82, 2.24) is 4.31 Å². The summed E-state index contributed by atoms with van der Waals surface area (Å²) >= 11 is 0. The Bertz CT molecular complexity index is 735. The van der Waals surface area contributed by atoms with Gasteiger partial charge in [0.15, 0.2) is 0 Å². The van der Waals surface area contributed by atoms with Crippen LogP contribution < -0.4 is 5.73 Å². The number of nitro groups is 1. The van der Waals surface area contributed by atoms with Crippen LogP contribution in [0.2, 0.25) is 0 Å². The van der Waals surface area contributed by atoms with Crippen molar-refractivity contribution in [2.24, 2.45) is 5.73 Å². The monoisotopic (exact) mass is 357 g/mol. The van der Waals surface area contributed by atoms with Gasteiger partial charge in [0.25, 0.3) is 5.69 Å². The number of aryl methyl sites for hydroxylation is 1. The molecule has 0 radical (unpaired) electrons. The van der Waals surface area contributed by atoms with Gasteiger partial charge in [0.1, 0.15) is 0 Å². The molecule has 0 aliphatic carbocycles. The number of ether oxygens (including phenoxy) is 1. The minimum absolute atomic E-state index is 0.0245. The van der Waals surface area contributed by atoms with E-state index in [0.29, 0.717) is 24.0 Å². The Hall–Kier alpha value is -1.55. The molecular weight excluding hydrogens is 334 g/mol. The van der Waals surface area contributed by atoms with Gasteiger partial charge in [0, 0.05) is 38.4 Å². The lowest BCUT2D eigenvalue weighted by molar-refractivity contribution is -0.385. The van der Waals surface area contributed by atoms with Crippen LogP contribution in [0.15, 0.2) is 17.0 Å². The van der Waals surface area contributed by atoms with Crippen molar-refractivity contribution in [2.45, 2.75) is 43.7 Å². The summed E-state index contributed by atoms with van der Waals surface area (Å²) < 4.78 is 32.9. The van der Waals surface area contributed by atoms with Crippen LogP contribution in [0, 0.1) is 24.0 Å². The van der Waals surface area contributed by atoms with Gasteiger partial charge in [-0.25, -0.2) is 8.42 Å². The first kappa shape index (κ1) is 18.8. The second kappa shape index (κ2) is 7.14. The summed E-state index contributed by atoms with van der Waals surface area (Å²) in [5.41, 5.74) is 6.62. The minimum Gasteiger partial charge on any atom is -0.381 e. The van der Waals surface area contributed by atoms with Crippen molar-refractivity contribution in [1.29, 1.82) is 0 Å². The molecule has 0 amide bonds. The van der Waals surface area contributed by atoms with E-state index in [1.54, 1.807) is 21.0 Å². The Morgan fingerprint density at radius 3 is 2.62 bits per heavy atom. The standard InChI is InChI=1S/C15H23N3O5S/c1-10-6-12(18(19)20)8-15(11(10)2)24(21,22)17-5-4-14(23-3)7-13(17)9-16/h6,8,13-14H,4-5,7,9,16H2,1-3H3. The molecule has 1 aliphatic heterocycles. The zero-order chi connectivity index (χ0) is 18.1. The van der Waals surface area contributed by atoms with E-state index < -0.39 is 14.9 Å². The number of hydrogen-bond donors (Lipinski definition) is 1. The zero-order valence-corrected chi connectivity index (χ0v) is 14.9. The Morgan fingerprint density at radius 1 is 1.42 bits per heavy atom. The number of piperidine rings is 1. The lowest BCUT2D eigenvalue weighted by Crippen LogP contribution is -2.51. The average Bonchev–Trinajstić information content (AvgIpc) is 2.55. The van der Waals surface area contributed by atoms with Crippen molar-refractivity contribution in [3.05, 3.63) is 33.4 Å². The third-order valence-corrected chi connectivity index (χ3v) is 6.70. The largest absolute Gasteiger partial charge is 0.381 e. The highest BCUT2D eigenvalue weighted by atomic mass is 32.2. The number of nitrogens with zero attached hydrogens (tertiary/aromatic N) is 2. The summed E-state index contributed by atoms with van der Waals surface area (Å²) in [6.45, 7) is 3.78. The first-order valence-electron chi connectivity index (χ1n) is 7.72. The molecule has 1 heterocycles. The predicted molar refractivity (Wildman–Crippen MR) is 89.3 cm³/mol. The highest BCUT2D eigenvalue weighted by Gasteiger charge is 2.37. The number of nitro benzene ring substituents is 1. The molecule has 2 unspecified atom stereocenters. The van der Waals surface area contributed by atoms with E-state index in [-0.39, 0.29) is 35.8 Å². The molecule has 2 rings (SSSR count). The van der Waals surface area contributed by atoms with Gasteiger partial charge in [-0.2, -0.15) is 4.31 Å². The van der Waals surface area contributed by atoms with Crippen LogP contribution in [0.1, 0.15) is 24.0 Å². The van der Waals surface area contributed by atoms with Gasteiger partial charge in [-0.3, -0.25) is 10.1 Å². The lowest BCUT2D eigenvalue weighted by atomic mass is 10.0. The number of sulfonamides is 1. The molecule has 0 bridgehead atoms. The SMILES string of the molecule is COC1CCN(S(=O)(=O)c2cc([N+](=O)[O-])cc(C)c2C)C(CN)C1. The third-order valence-electron chi connectivity index (χ3n) is 4.62. The van der Waals surface area contributed by atoms with E-state index >= 15 is 0 Å². The van der Waals surface area contributed by atoms with Gasteiger partial charge in [-0.05, 0) is 37.8 Å².